The fourth-order valence-corrected chi connectivity index (χ4v) is 3.12. The maximum atomic E-state index is 12.7. The molecule has 1 aliphatic heterocycles. The molecule has 0 fully saturated rings. The zero-order valence-corrected chi connectivity index (χ0v) is 16.1. The van der Waals surface area contributed by atoms with Crippen LogP contribution in [0.2, 0.25) is 0 Å². The summed E-state index contributed by atoms with van der Waals surface area (Å²) >= 11 is 0. The van der Waals surface area contributed by atoms with Gasteiger partial charge in [-0.05, 0) is 61.7 Å². The van der Waals surface area contributed by atoms with Crippen molar-refractivity contribution in [3.63, 3.8) is 0 Å². The van der Waals surface area contributed by atoms with E-state index in [4.69, 9.17) is 10.00 Å². The number of anilines is 1. The molecule has 1 heterocycles. The highest BCUT2D eigenvalue weighted by molar-refractivity contribution is 5.94. The normalized spacial score (nSPS) is 12.7. The van der Waals surface area contributed by atoms with Crippen molar-refractivity contribution in [2.24, 2.45) is 0 Å². The molecule has 0 bridgehead atoms. The number of nitrogens with zero attached hydrogens (tertiary/aromatic N) is 2. The molecular formula is C22H23N3O3. The van der Waals surface area contributed by atoms with E-state index in [1.54, 1.807) is 23.1 Å². The summed E-state index contributed by atoms with van der Waals surface area (Å²) < 4.78 is 5.72. The molecule has 0 saturated carbocycles. The number of carbonyl (C=O) groups is 2. The van der Waals surface area contributed by atoms with Crippen LogP contribution in [0.25, 0.3) is 0 Å². The highest BCUT2D eigenvalue weighted by atomic mass is 16.5. The van der Waals surface area contributed by atoms with Crippen molar-refractivity contribution in [1.82, 2.24) is 4.90 Å². The van der Waals surface area contributed by atoms with Gasteiger partial charge in [-0.3, -0.25) is 9.59 Å². The molecule has 0 saturated heterocycles. The summed E-state index contributed by atoms with van der Waals surface area (Å²) in [6.07, 6.45) is 1.13. The van der Waals surface area contributed by atoms with Crippen molar-refractivity contribution in [2.45, 2.75) is 39.3 Å². The Morgan fingerprint density at radius 1 is 1.21 bits per heavy atom. The highest BCUT2D eigenvalue weighted by Gasteiger charge is 2.19. The fraction of sp³-hybridized carbons (Fsp3) is 0.318. The number of nitriles is 1. The molecule has 0 aliphatic carbocycles. The summed E-state index contributed by atoms with van der Waals surface area (Å²) in [6, 6.07) is 14.8. The van der Waals surface area contributed by atoms with Crippen molar-refractivity contribution in [1.29, 1.82) is 5.26 Å². The number of amides is 2. The van der Waals surface area contributed by atoms with Gasteiger partial charge < -0.3 is 15.0 Å². The number of aryl methyl sites for hydroxylation is 1. The third-order valence-corrected chi connectivity index (χ3v) is 4.71. The van der Waals surface area contributed by atoms with E-state index < -0.39 is 0 Å². The molecule has 0 aromatic heterocycles. The van der Waals surface area contributed by atoms with Crippen LogP contribution in [-0.4, -0.2) is 29.4 Å². The molecule has 0 spiro atoms. The molecule has 6 nitrogen and oxygen atoms in total. The number of benzene rings is 2. The van der Waals surface area contributed by atoms with Crippen LogP contribution in [0.1, 0.15) is 37.0 Å². The lowest BCUT2D eigenvalue weighted by molar-refractivity contribution is -0.135. The van der Waals surface area contributed by atoms with Gasteiger partial charge in [0.25, 0.3) is 5.91 Å². The van der Waals surface area contributed by atoms with Crippen molar-refractivity contribution in [2.75, 3.05) is 11.9 Å². The van der Waals surface area contributed by atoms with E-state index in [0.29, 0.717) is 30.7 Å². The smallest absolute Gasteiger partial charge is 0.261 e. The first-order chi connectivity index (χ1) is 13.5. The quantitative estimate of drug-likeness (QED) is 0.838. The lowest BCUT2D eigenvalue weighted by Crippen LogP contribution is -2.39. The summed E-state index contributed by atoms with van der Waals surface area (Å²) in [4.78, 5) is 25.9. The maximum absolute atomic E-state index is 12.7. The third kappa shape index (κ3) is 4.68. The Bertz CT molecular complexity index is 914. The fourth-order valence-electron chi connectivity index (χ4n) is 3.12. The van der Waals surface area contributed by atoms with E-state index in [0.717, 1.165) is 16.8 Å². The molecule has 3 rings (SSSR count). The Labute approximate surface area is 164 Å². The Balaban J connectivity index is 1.62. The molecule has 0 unspecified atom stereocenters. The summed E-state index contributed by atoms with van der Waals surface area (Å²) in [5.41, 5.74) is 3.38. The summed E-state index contributed by atoms with van der Waals surface area (Å²) in [7, 11) is 0. The highest BCUT2D eigenvalue weighted by Crippen LogP contribution is 2.26. The summed E-state index contributed by atoms with van der Waals surface area (Å²) in [5, 5.41) is 11.7. The maximum Gasteiger partial charge on any atom is 0.261 e. The Hall–Kier alpha value is -3.33. The first-order valence-corrected chi connectivity index (χ1v) is 9.30. The lowest BCUT2D eigenvalue weighted by atomic mass is 10.0. The van der Waals surface area contributed by atoms with Crippen LogP contribution >= 0.6 is 0 Å². The zero-order valence-electron chi connectivity index (χ0n) is 16.1. The van der Waals surface area contributed by atoms with E-state index >= 15 is 0 Å². The van der Waals surface area contributed by atoms with Crippen LogP contribution in [0.5, 0.6) is 5.75 Å². The molecule has 2 amide bonds. The number of ether oxygens (including phenoxy) is 1. The molecule has 28 heavy (non-hydrogen) atoms. The van der Waals surface area contributed by atoms with Crippen molar-refractivity contribution < 1.29 is 14.3 Å². The van der Waals surface area contributed by atoms with Gasteiger partial charge in [-0.2, -0.15) is 5.26 Å². The average molecular weight is 377 g/mol. The Morgan fingerprint density at radius 2 is 1.96 bits per heavy atom. The minimum Gasteiger partial charge on any atom is -0.484 e. The topological polar surface area (TPSA) is 82.4 Å². The molecule has 2 aromatic carbocycles. The molecule has 1 N–H and O–H groups in total. The molecule has 0 atom stereocenters. The predicted octanol–water partition coefficient (Wildman–Crippen LogP) is 3.26. The first-order valence-electron chi connectivity index (χ1n) is 9.30. The van der Waals surface area contributed by atoms with Gasteiger partial charge in [0.2, 0.25) is 5.91 Å². The molecule has 6 heteroatoms. The van der Waals surface area contributed by atoms with Crippen LogP contribution in [-0.2, 0) is 22.6 Å². The third-order valence-electron chi connectivity index (χ3n) is 4.71. The predicted molar refractivity (Wildman–Crippen MR) is 106 cm³/mol. The van der Waals surface area contributed by atoms with Crippen LogP contribution in [0.4, 0.5) is 5.69 Å². The van der Waals surface area contributed by atoms with Gasteiger partial charge in [0.1, 0.15) is 5.75 Å². The van der Waals surface area contributed by atoms with E-state index in [9.17, 15) is 9.59 Å². The largest absolute Gasteiger partial charge is 0.484 e. The van der Waals surface area contributed by atoms with Gasteiger partial charge >= 0.3 is 0 Å². The van der Waals surface area contributed by atoms with Gasteiger partial charge in [-0.15, -0.1) is 0 Å². The lowest BCUT2D eigenvalue weighted by Gasteiger charge is -2.27. The number of fused-ring (bicyclic) bond motifs is 1. The van der Waals surface area contributed by atoms with Crippen LogP contribution in [0, 0.1) is 11.3 Å². The first kappa shape index (κ1) is 19.4. The molecule has 144 valence electrons. The Kier molecular flexibility index (Phi) is 5.95. The van der Waals surface area contributed by atoms with E-state index in [-0.39, 0.29) is 24.5 Å². The second-order valence-corrected chi connectivity index (χ2v) is 7.08. The van der Waals surface area contributed by atoms with E-state index in [1.165, 1.54) is 0 Å². The average Bonchev–Trinajstić information content (AvgIpc) is 2.70. The monoisotopic (exact) mass is 377 g/mol. The number of hydrogen-bond donors (Lipinski definition) is 1. The molecule has 0 radical (unpaired) electrons. The number of nitrogens with one attached hydrogen (secondary N) is 1. The number of rotatable bonds is 6. The minimum absolute atomic E-state index is 0.0190. The second-order valence-electron chi connectivity index (χ2n) is 7.08. The number of carbonyl (C=O) groups excluding carboxylic acids is 2. The Morgan fingerprint density at radius 3 is 2.64 bits per heavy atom. The zero-order chi connectivity index (χ0) is 20.1. The minimum atomic E-state index is -0.106. The van der Waals surface area contributed by atoms with Gasteiger partial charge in [0.05, 0.1) is 11.6 Å². The molecule has 1 aliphatic rings. The van der Waals surface area contributed by atoms with Crippen LogP contribution in [0.3, 0.4) is 0 Å². The van der Waals surface area contributed by atoms with Gasteiger partial charge in [-0.1, -0.05) is 12.1 Å². The molecular weight excluding hydrogens is 354 g/mol. The van der Waals surface area contributed by atoms with Crippen molar-refractivity contribution in [3.05, 3.63) is 59.2 Å². The summed E-state index contributed by atoms with van der Waals surface area (Å²) in [6.45, 7) is 4.33. The van der Waals surface area contributed by atoms with Crippen molar-refractivity contribution in [3.8, 4) is 11.8 Å². The van der Waals surface area contributed by atoms with E-state index in [2.05, 4.69) is 11.4 Å². The second kappa shape index (κ2) is 8.57. The van der Waals surface area contributed by atoms with Crippen molar-refractivity contribution >= 4 is 17.5 Å². The van der Waals surface area contributed by atoms with Crippen LogP contribution < -0.4 is 10.1 Å². The van der Waals surface area contributed by atoms with Gasteiger partial charge in [-0.25, -0.2) is 0 Å². The standard InChI is InChI=1S/C22H23N3O3/c1-15(2)25(13-17-5-3-16(12-23)4-6-17)22(27)14-28-19-8-9-20-18(11-19)7-10-21(26)24-20/h3-6,8-9,11,15H,7,10,13-14H2,1-2H3,(H,24,26). The van der Waals surface area contributed by atoms with Gasteiger partial charge in [0, 0.05) is 24.7 Å². The van der Waals surface area contributed by atoms with Crippen LogP contribution in [0.15, 0.2) is 42.5 Å². The number of hydrogen-bond acceptors (Lipinski definition) is 4. The SMILES string of the molecule is CC(C)N(Cc1ccc(C#N)cc1)C(=O)COc1ccc2c(c1)CCC(=O)N2. The molecule has 2 aromatic rings. The van der Waals surface area contributed by atoms with Gasteiger partial charge in [0.15, 0.2) is 6.61 Å². The van der Waals surface area contributed by atoms with E-state index in [1.807, 2.05) is 38.1 Å². The summed E-state index contributed by atoms with van der Waals surface area (Å²) in [5.74, 6) is 0.530.